The van der Waals surface area contributed by atoms with Gasteiger partial charge in [-0.1, -0.05) is 0 Å². The van der Waals surface area contributed by atoms with Gasteiger partial charge in [0, 0.05) is 17.7 Å². The minimum atomic E-state index is -4.16. The van der Waals surface area contributed by atoms with E-state index in [0.29, 0.717) is 11.5 Å². The number of aryl methyl sites for hydroxylation is 2. The zero-order chi connectivity index (χ0) is 25.0. The summed E-state index contributed by atoms with van der Waals surface area (Å²) in [6, 6.07) is 9.84. The molecule has 3 rings (SSSR count). The molecule has 0 aliphatic carbocycles. The summed E-state index contributed by atoms with van der Waals surface area (Å²) in [5.41, 5.74) is 4.39. The molecule has 0 radical (unpaired) electrons. The van der Waals surface area contributed by atoms with Crippen molar-refractivity contribution in [3.05, 3.63) is 81.3 Å². The quantitative estimate of drug-likeness (QED) is 0.337. The molecule has 3 N–H and O–H groups in total. The van der Waals surface area contributed by atoms with Crippen LogP contribution in [0.1, 0.15) is 32.2 Å². The highest BCUT2D eigenvalue weighted by Gasteiger charge is 2.20. The third-order valence-corrected chi connectivity index (χ3v) is 6.02. The standard InChI is InChI=1S/C21H20N4O8S/c1-12-10-17(13(2)33-12)21(27)23-22-20(26)14-4-7-16(8-5-14)34(30,31)24-18-11-15(25(28)29)6-9-19(18)32-3/h4-11,24H,1-3H3,(H,22,26)(H,23,27). The number of benzene rings is 2. The van der Waals surface area contributed by atoms with Crippen LogP contribution in [0.25, 0.3) is 0 Å². The molecule has 3 aromatic rings. The zero-order valence-electron chi connectivity index (χ0n) is 18.2. The number of carbonyl (C=O) groups excluding carboxylic acids is 2. The van der Waals surface area contributed by atoms with Gasteiger partial charge in [0.25, 0.3) is 27.5 Å². The van der Waals surface area contributed by atoms with Crippen molar-refractivity contribution in [2.75, 3.05) is 11.8 Å². The van der Waals surface area contributed by atoms with Crippen LogP contribution in [0.3, 0.4) is 0 Å². The van der Waals surface area contributed by atoms with Crippen LogP contribution >= 0.6 is 0 Å². The molecule has 0 saturated heterocycles. The SMILES string of the molecule is COc1ccc([N+](=O)[O-])cc1NS(=O)(=O)c1ccc(C(=O)NNC(=O)c2cc(C)oc2C)cc1. The molecule has 2 amide bonds. The predicted molar refractivity (Wildman–Crippen MR) is 120 cm³/mol. The lowest BCUT2D eigenvalue weighted by Gasteiger charge is -2.12. The molecule has 2 aromatic carbocycles. The largest absolute Gasteiger partial charge is 0.495 e. The summed E-state index contributed by atoms with van der Waals surface area (Å²) in [5.74, 6) is -0.224. The Hall–Kier alpha value is -4.39. The first kappa shape index (κ1) is 24.3. The second kappa shape index (κ2) is 9.62. The molecule has 0 saturated carbocycles. The minimum Gasteiger partial charge on any atom is -0.495 e. The van der Waals surface area contributed by atoms with E-state index in [2.05, 4.69) is 15.6 Å². The van der Waals surface area contributed by atoms with E-state index in [1.54, 1.807) is 13.8 Å². The first-order valence-corrected chi connectivity index (χ1v) is 11.1. The number of furan rings is 1. The van der Waals surface area contributed by atoms with Gasteiger partial charge in [0.15, 0.2) is 0 Å². The average molecular weight is 488 g/mol. The fourth-order valence-electron chi connectivity index (χ4n) is 2.99. The molecule has 0 aliphatic rings. The van der Waals surface area contributed by atoms with Crippen LogP contribution in [0, 0.1) is 24.0 Å². The molecular formula is C21H20N4O8S. The number of methoxy groups -OCH3 is 1. The summed E-state index contributed by atoms with van der Waals surface area (Å²) >= 11 is 0. The highest BCUT2D eigenvalue weighted by molar-refractivity contribution is 7.92. The number of non-ortho nitro benzene ring substituents is 1. The number of hydrazine groups is 1. The smallest absolute Gasteiger partial charge is 0.273 e. The van der Waals surface area contributed by atoms with Gasteiger partial charge >= 0.3 is 0 Å². The molecule has 13 heteroatoms. The van der Waals surface area contributed by atoms with Gasteiger partial charge in [0.05, 0.1) is 28.2 Å². The van der Waals surface area contributed by atoms with Gasteiger partial charge in [-0.15, -0.1) is 0 Å². The van der Waals surface area contributed by atoms with Gasteiger partial charge in [-0.3, -0.25) is 35.3 Å². The van der Waals surface area contributed by atoms with Crippen molar-refractivity contribution in [2.24, 2.45) is 0 Å². The Morgan fingerprint density at radius 3 is 2.21 bits per heavy atom. The Balaban J connectivity index is 1.71. The highest BCUT2D eigenvalue weighted by atomic mass is 32.2. The maximum atomic E-state index is 12.7. The third-order valence-electron chi connectivity index (χ3n) is 4.64. The van der Waals surface area contributed by atoms with Gasteiger partial charge < -0.3 is 9.15 Å². The predicted octanol–water partition coefficient (Wildman–Crippen LogP) is 2.69. The third kappa shape index (κ3) is 5.32. The number of sulfonamides is 1. The number of hydrogen-bond acceptors (Lipinski definition) is 8. The van der Waals surface area contributed by atoms with Crippen molar-refractivity contribution >= 4 is 33.2 Å². The van der Waals surface area contributed by atoms with Gasteiger partial charge in [0.1, 0.15) is 17.3 Å². The number of anilines is 1. The van der Waals surface area contributed by atoms with Crippen LogP contribution in [0.15, 0.2) is 57.8 Å². The van der Waals surface area contributed by atoms with Crippen molar-refractivity contribution in [3.63, 3.8) is 0 Å². The van der Waals surface area contributed by atoms with Crippen LogP contribution in [-0.4, -0.2) is 32.3 Å². The van der Waals surface area contributed by atoms with Crippen molar-refractivity contribution in [1.82, 2.24) is 10.9 Å². The molecule has 1 heterocycles. The van der Waals surface area contributed by atoms with Crippen molar-refractivity contribution in [3.8, 4) is 5.75 Å². The number of nitrogens with zero attached hydrogens (tertiary/aromatic N) is 1. The molecule has 0 unspecified atom stereocenters. The van der Waals surface area contributed by atoms with Gasteiger partial charge in [-0.25, -0.2) is 8.42 Å². The summed E-state index contributed by atoms with van der Waals surface area (Å²) in [5, 5.41) is 11.0. The van der Waals surface area contributed by atoms with E-state index in [0.717, 1.165) is 6.07 Å². The minimum absolute atomic E-state index is 0.0762. The number of rotatable bonds is 7. The van der Waals surface area contributed by atoms with Crippen LogP contribution < -0.4 is 20.3 Å². The van der Waals surface area contributed by atoms with Crippen molar-refractivity contribution in [1.29, 1.82) is 0 Å². The Morgan fingerprint density at radius 1 is 1.00 bits per heavy atom. The van der Waals surface area contributed by atoms with E-state index in [1.807, 2.05) is 0 Å². The summed E-state index contributed by atoms with van der Waals surface area (Å²) in [7, 11) is -2.87. The fourth-order valence-corrected chi connectivity index (χ4v) is 4.05. The second-order valence-corrected chi connectivity index (χ2v) is 8.69. The number of nitrogens with one attached hydrogen (secondary N) is 3. The maximum Gasteiger partial charge on any atom is 0.273 e. The van der Waals surface area contributed by atoms with Crippen LogP contribution in [-0.2, 0) is 10.0 Å². The van der Waals surface area contributed by atoms with Gasteiger partial charge in [-0.2, -0.15) is 0 Å². The second-order valence-electron chi connectivity index (χ2n) is 7.01. The van der Waals surface area contributed by atoms with E-state index >= 15 is 0 Å². The Morgan fingerprint density at radius 2 is 1.65 bits per heavy atom. The van der Waals surface area contributed by atoms with Crippen LogP contribution in [0.2, 0.25) is 0 Å². The Kier molecular flexibility index (Phi) is 6.86. The van der Waals surface area contributed by atoms with Crippen molar-refractivity contribution < 1.29 is 32.1 Å². The first-order chi connectivity index (χ1) is 16.0. The van der Waals surface area contributed by atoms with E-state index in [1.165, 1.54) is 49.6 Å². The number of ether oxygens (including phenoxy) is 1. The normalized spacial score (nSPS) is 10.9. The summed E-state index contributed by atoms with van der Waals surface area (Å²) in [4.78, 5) is 34.6. The number of nitro groups is 1. The lowest BCUT2D eigenvalue weighted by molar-refractivity contribution is -0.384. The van der Waals surface area contributed by atoms with Crippen LogP contribution in [0.5, 0.6) is 5.75 Å². The van der Waals surface area contributed by atoms with Gasteiger partial charge in [0.2, 0.25) is 0 Å². The Bertz CT molecular complexity index is 1360. The Labute approximate surface area is 194 Å². The lowest BCUT2D eigenvalue weighted by Crippen LogP contribution is -2.41. The summed E-state index contributed by atoms with van der Waals surface area (Å²) in [6.45, 7) is 3.29. The lowest BCUT2D eigenvalue weighted by atomic mass is 10.2. The summed E-state index contributed by atoms with van der Waals surface area (Å²) < 4.78 is 38.0. The molecule has 0 atom stereocenters. The monoisotopic (exact) mass is 488 g/mol. The van der Waals surface area contributed by atoms with E-state index < -0.39 is 26.8 Å². The number of nitro benzene ring substituents is 1. The number of amides is 2. The number of carbonyl (C=O) groups is 2. The fraction of sp³-hybridized carbons (Fsp3) is 0.143. The van der Waals surface area contributed by atoms with Crippen LogP contribution in [0.4, 0.5) is 11.4 Å². The molecule has 1 aromatic heterocycles. The maximum absolute atomic E-state index is 12.7. The molecular weight excluding hydrogens is 468 g/mol. The number of hydrogen-bond donors (Lipinski definition) is 3. The molecule has 0 fully saturated rings. The molecule has 34 heavy (non-hydrogen) atoms. The molecule has 0 aliphatic heterocycles. The topological polar surface area (TPSA) is 170 Å². The van der Waals surface area contributed by atoms with E-state index in [9.17, 15) is 28.1 Å². The molecule has 0 spiro atoms. The highest BCUT2D eigenvalue weighted by Crippen LogP contribution is 2.30. The van der Waals surface area contributed by atoms with Crippen molar-refractivity contribution in [2.45, 2.75) is 18.7 Å². The molecule has 0 bridgehead atoms. The zero-order valence-corrected chi connectivity index (χ0v) is 19.1. The summed E-state index contributed by atoms with van der Waals surface area (Å²) in [6.07, 6.45) is 0. The molecule has 12 nitrogen and oxygen atoms in total. The average Bonchev–Trinajstić information content (AvgIpc) is 3.14. The van der Waals surface area contributed by atoms with E-state index in [-0.39, 0.29) is 33.1 Å². The molecule has 178 valence electrons. The van der Waals surface area contributed by atoms with E-state index in [4.69, 9.17) is 9.15 Å². The first-order valence-electron chi connectivity index (χ1n) is 9.65. The van der Waals surface area contributed by atoms with Gasteiger partial charge in [-0.05, 0) is 50.2 Å².